The van der Waals surface area contributed by atoms with Crippen LogP contribution in [-0.4, -0.2) is 11.2 Å². The number of fused-ring (bicyclic) bond motifs is 1. The van der Waals surface area contributed by atoms with Crippen molar-refractivity contribution in [3.63, 3.8) is 0 Å². The van der Waals surface area contributed by atoms with Crippen LogP contribution in [-0.2, 0) is 0 Å². The van der Waals surface area contributed by atoms with Gasteiger partial charge in [-0.05, 0) is 37.0 Å². The van der Waals surface area contributed by atoms with E-state index in [4.69, 9.17) is 4.98 Å². The smallest absolute Gasteiger partial charge is 0.104 e. The van der Waals surface area contributed by atoms with E-state index in [-0.39, 0.29) is 0 Å². The monoisotopic (exact) mass is 316 g/mol. The van der Waals surface area contributed by atoms with Crippen LogP contribution in [0.1, 0.15) is 16.7 Å². The third kappa shape index (κ3) is 3.28. The summed E-state index contributed by atoms with van der Waals surface area (Å²) in [7, 11) is 0. The van der Waals surface area contributed by atoms with Crippen molar-refractivity contribution in [2.45, 2.75) is 11.9 Å². The molecule has 0 bridgehead atoms. The van der Waals surface area contributed by atoms with Crippen LogP contribution in [0.15, 0.2) is 59.6 Å². The normalized spacial score (nSPS) is 11.4. The van der Waals surface area contributed by atoms with Gasteiger partial charge < -0.3 is 0 Å². The maximum atomic E-state index is 9.56. The first kappa shape index (κ1) is 15.3. The zero-order valence-electron chi connectivity index (χ0n) is 13.1. The van der Waals surface area contributed by atoms with Crippen LogP contribution in [0.25, 0.3) is 22.6 Å². The fourth-order valence-corrected chi connectivity index (χ4v) is 3.07. The van der Waals surface area contributed by atoms with Gasteiger partial charge in [0.25, 0.3) is 0 Å². The number of para-hydroxylation sites is 1. The Morgan fingerprint density at radius 1 is 1.13 bits per heavy atom. The summed E-state index contributed by atoms with van der Waals surface area (Å²) >= 11 is 1.60. The molecule has 0 spiro atoms. The van der Waals surface area contributed by atoms with Crippen molar-refractivity contribution >= 4 is 34.3 Å². The highest BCUT2D eigenvalue weighted by Gasteiger charge is 2.07. The van der Waals surface area contributed by atoms with E-state index in [2.05, 4.69) is 12.1 Å². The fraction of sp³-hybridized carbons (Fsp3) is 0.100. The van der Waals surface area contributed by atoms with Crippen molar-refractivity contribution in [1.82, 2.24) is 4.98 Å². The van der Waals surface area contributed by atoms with Crippen molar-refractivity contribution in [2.24, 2.45) is 0 Å². The third-order valence-corrected chi connectivity index (χ3v) is 4.37. The Hall–Kier alpha value is -2.57. The second-order valence-corrected chi connectivity index (χ2v) is 6.11. The molecule has 0 aliphatic carbocycles. The number of thioether (sulfide) groups is 1. The van der Waals surface area contributed by atoms with E-state index in [9.17, 15) is 5.26 Å². The van der Waals surface area contributed by atoms with Crippen LogP contribution in [0.5, 0.6) is 0 Å². The van der Waals surface area contributed by atoms with Crippen LogP contribution >= 0.6 is 11.8 Å². The SMILES string of the molecule is CSc1nc2ccccc2cc1C=C(C#N)c1cccc(C)c1. The first-order chi connectivity index (χ1) is 11.2. The van der Waals surface area contributed by atoms with Crippen LogP contribution < -0.4 is 0 Å². The summed E-state index contributed by atoms with van der Waals surface area (Å²) in [4.78, 5) is 4.70. The maximum absolute atomic E-state index is 9.56. The molecule has 23 heavy (non-hydrogen) atoms. The predicted octanol–water partition coefficient (Wildman–Crippen LogP) is 5.33. The summed E-state index contributed by atoms with van der Waals surface area (Å²) in [6.07, 6.45) is 3.94. The van der Waals surface area contributed by atoms with Crippen molar-refractivity contribution in [3.05, 3.63) is 71.3 Å². The average molecular weight is 316 g/mol. The molecule has 0 saturated heterocycles. The highest BCUT2D eigenvalue weighted by molar-refractivity contribution is 7.98. The van der Waals surface area contributed by atoms with E-state index < -0.39 is 0 Å². The lowest BCUT2D eigenvalue weighted by Gasteiger charge is -2.07. The van der Waals surface area contributed by atoms with Crippen molar-refractivity contribution in [1.29, 1.82) is 5.26 Å². The number of pyridine rings is 1. The van der Waals surface area contributed by atoms with Gasteiger partial charge in [-0.1, -0.05) is 48.0 Å². The van der Waals surface area contributed by atoms with Crippen molar-refractivity contribution < 1.29 is 0 Å². The first-order valence-electron chi connectivity index (χ1n) is 7.34. The molecule has 0 aliphatic heterocycles. The van der Waals surface area contributed by atoms with Crippen LogP contribution in [0.3, 0.4) is 0 Å². The number of hydrogen-bond donors (Lipinski definition) is 0. The third-order valence-electron chi connectivity index (χ3n) is 3.66. The molecule has 0 aliphatic rings. The molecule has 0 N–H and O–H groups in total. The van der Waals surface area contributed by atoms with Gasteiger partial charge in [0.15, 0.2) is 0 Å². The highest BCUT2D eigenvalue weighted by atomic mass is 32.2. The van der Waals surface area contributed by atoms with Gasteiger partial charge in [-0.15, -0.1) is 11.8 Å². The van der Waals surface area contributed by atoms with E-state index >= 15 is 0 Å². The van der Waals surface area contributed by atoms with Gasteiger partial charge in [0.1, 0.15) is 5.03 Å². The predicted molar refractivity (Wildman–Crippen MR) is 98.2 cm³/mol. The molecule has 112 valence electrons. The molecular weight excluding hydrogens is 300 g/mol. The number of rotatable bonds is 3. The molecule has 2 nitrogen and oxygen atoms in total. The van der Waals surface area contributed by atoms with E-state index in [1.165, 1.54) is 0 Å². The highest BCUT2D eigenvalue weighted by Crippen LogP contribution is 2.27. The molecule has 3 heteroatoms. The van der Waals surface area contributed by atoms with E-state index in [0.717, 1.165) is 32.6 Å². The molecule has 0 atom stereocenters. The Morgan fingerprint density at radius 3 is 2.70 bits per heavy atom. The van der Waals surface area contributed by atoms with Gasteiger partial charge in [0.05, 0.1) is 17.2 Å². The Morgan fingerprint density at radius 2 is 1.96 bits per heavy atom. The quantitative estimate of drug-likeness (QED) is 0.484. The minimum Gasteiger partial charge on any atom is -0.241 e. The zero-order valence-corrected chi connectivity index (χ0v) is 13.9. The Balaban J connectivity index is 2.16. The number of hydrogen-bond acceptors (Lipinski definition) is 3. The Labute approximate surface area is 140 Å². The van der Waals surface area contributed by atoms with E-state index in [1.54, 1.807) is 11.8 Å². The summed E-state index contributed by atoms with van der Waals surface area (Å²) in [5.41, 5.74) is 4.69. The van der Waals surface area contributed by atoms with Gasteiger partial charge in [-0.3, -0.25) is 0 Å². The largest absolute Gasteiger partial charge is 0.241 e. The lowest BCUT2D eigenvalue weighted by Crippen LogP contribution is -1.89. The molecule has 1 aromatic heterocycles. The van der Waals surface area contributed by atoms with E-state index in [1.807, 2.05) is 67.8 Å². The summed E-state index contributed by atoms with van der Waals surface area (Å²) in [6.45, 7) is 2.03. The molecule has 1 heterocycles. The molecule has 0 radical (unpaired) electrons. The summed E-state index contributed by atoms with van der Waals surface area (Å²) < 4.78 is 0. The van der Waals surface area contributed by atoms with E-state index in [0.29, 0.717) is 5.57 Å². The molecule has 0 fully saturated rings. The molecule has 0 amide bonds. The van der Waals surface area contributed by atoms with Crippen LogP contribution in [0.2, 0.25) is 0 Å². The second kappa shape index (κ2) is 6.68. The number of aryl methyl sites for hydroxylation is 1. The minimum atomic E-state index is 0.654. The Bertz CT molecular complexity index is 936. The number of aromatic nitrogens is 1. The summed E-state index contributed by atoms with van der Waals surface area (Å²) in [5, 5.41) is 11.6. The lowest BCUT2D eigenvalue weighted by atomic mass is 10.0. The molecular formula is C20H16N2S. The second-order valence-electron chi connectivity index (χ2n) is 5.32. The number of nitriles is 1. The minimum absolute atomic E-state index is 0.654. The molecule has 2 aromatic carbocycles. The number of allylic oxidation sites excluding steroid dienone is 1. The van der Waals surface area contributed by atoms with Gasteiger partial charge in [-0.25, -0.2) is 4.98 Å². The summed E-state index contributed by atoms with van der Waals surface area (Å²) in [5.74, 6) is 0. The van der Waals surface area contributed by atoms with Crippen molar-refractivity contribution in [3.8, 4) is 6.07 Å². The molecule has 0 unspecified atom stereocenters. The number of benzene rings is 2. The molecule has 3 aromatic rings. The fourth-order valence-electron chi connectivity index (χ4n) is 2.53. The number of nitrogens with zero attached hydrogens (tertiary/aromatic N) is 2. The van der Waals surface area contributed by atoms with Gasteiger partial charge in [0.2, 0.25) is 0 Å². The lowest BCUT2D eigenvalue weighted by molar-refractivity contribution is 1.18. The van der Waals surface area contributed by atoms with Crippen LogP contribution in [0.4, 0.5) is 0 Å². The topological polar surface area (TPSA) is 36.7 Å². The van der Waals surface area contributed by atoms with Gasteiger partial charge in [-0.2, -0.15) is 5.26 Å². The van der Waals surface area contributed by atoms with Crippen LogP contribution in [0, 0.1) is 18.3 Å². The zero-order chi connectivity index (χ0) is 16.2. The average Bonchev–Trinajstić information content (AvgIpc) is 2.58. The first-order valence-corrected chi connectivity index (χ1v) is 8.56. The van der Waals surface area contributed by atoms with Gasteiger partial charge >= 0.3 is 0 Å². The molecule has 0 saturated carbocycles. The van der Waals surface area contributed by atoms with Gasteiger partial charge in [0, 0.05) is 10.9 Å². The standard InChI is InChI=1S/C20H16N2S/c1-14-6-5-8-15(10-14)18(13-21)12-17-11-16-7-3-4-9-19(16)22-20(17)23-2/h3-12H,1-2H3. The maximum Gasteiger partial charge on any atom is 0.104 e. The summed E-state index contributed by atoms with van der Waals surface area (Å²) in [6, 6.07) is 20.5. The molecule has 3 rings (SSSR count). The Kier molecular flexibility index (Phi) is 4.45. The van der Waals surface area contributed by atoms with Crippen molar-refractivity contribution in [2.75, 3.05) is 6.26 Å².